The second-order valence-corrected chi connectivity index (χ2v) is 6.99. The van der Waals surface area contributed by atoms with Gasteiger partial charge in [0.15, 0.2) is 0 Å². The van der Waals surface area contributed by atoms with Crippen LogP contribution in [0.4, 0.5) is 11.8 Å². The Balaban J connectivity index is 1.58. The van der Waals surface area contributed by atoms with Crippen molar-refractivity contribution in [2.45, 2.75) is 39.0 Å². The number of anilines is 2. The average Bonchev–Trinajstić information content (AvgIpc) is 3.07. The van der Waals surface area contributed by atoms with Gasteiger partial charge in [0.05, 0.1) is 4.47 Å². The zero-order valence-corrected chi connectivity index (χ0v) is 13.6. The lowest BCUT2D eigenvalue weighted by Gasteiger charge is -2.22. The van der Waals surface area contributed by atoms with Gasteiger partial charge in [0.2, 0.25) is 5.95 Å². The maximum atomic E-state index is 4.55. The number of halogens is 1. The molecule has 3 rings (SSSR count). The predicted molar refractivity (Wildman–Crippen MR) is 85.9 cm³/mol. The van der Waals surface area contributed by atoms with E-state index in [9.17, 15) is 0 Å². The van der Waals surface area contributed by atoms with Crippen molar-refractivity contribution in [2.24, 2.45) is 17.8 Å². The zero-order chi connectivity index (χ0) is 13.9. The zero-order valence-electron chi connectivity index (χ0n) is 12.0. The highest BCUT2D eigenvalue weighted by atomic mass is 79.9. The van der Waals surface area contributed by atoms with Crippen LogP contribution in [-0.4, -0.2) is 23.1 Å². The van der Waals surface area contributed by atoms with Crippen LogP contribution in [0.2, 0.25) is 0 Å². The summed E-state index contributed by atoms with van der Waals surface area (Å²) in [5, 5.41) is 6.75. The maximum absolute atomic E-state index is 4.55. The number of nitrogens with zero attached hydrogens (tertiary/aromatic N) is 2. The quantitative estimate of drug-likeness (QED) is 0.825. The van der Waals surface area contributed by atoms with Gasteiger partial charge in [0.1, 0.15) is 5.82 Å². The third-order valence-electron chi connectivity index (χ3n) is 4.69. The molecule has 0 saturated heterocycles. The van der Waals surface area contributed by atoms with Gasteiger partial charge in [-0.15, -0.1) is 0 Å². The molecular weight excluding hydrogens is 316 g/mol. The Morgan fingerprint density at radius 1 is 1.30 bits per heavy atom. The summed E-state index contributed by atoms with van der Waals surface area (Å²) in [6.07, 6.45) is 8.66. The molecule has 2 fully saturated rings. The molecule has 0 aliphatic heterocycles. The van der Waals surface area contributed by atoms with Crippen LogP contribution in [0.25, 0.3) is 0 Å². The minimum Gasteiger partial charge on any atom is -0.369 e. The average molecular weight is 339 g/mol. The minimum atomic E-state index is 0.713. The summed E-state index contributed by atoms with van der Waals surface area (Å²) >= 11 is 3.53. The highest BCUT2D eigenvalue weighted by Crippen LogP contribution is 2.48. The van der Waals surface area contributed by atoms with Gasteiger partial charge in [0, 0.05) is 19.3 Å². The molecule has 0 spiro atoms. The first-order valence-electron chi connectivity index (χ1n) is 7.76. The Bertz CT molecular complexity index is 465. The van der Waals surface area contributed by atoms with Gasteiger partial charge in [-0.05, 0) is 59.4 Å². The molecule has 2 bridgehead atoms. The Morgan fingerprint density at radius 2 is 2.20 bits per heavy atom. The fourth-order valence-corrected chi connectivity index (χ4v) is 4.00. The van der Waals surface area contributed by atoms with Crippen LogP contribution in [0.3, 0.4) is 0 Å². The smallest absolute Gasteiger partial charge is 0.224 e. The van der Waals surface area contributed by atoms with Gasteiger partial charge in [-0.25, -0.2) is 4.98 Å². The summed E-state index contributed by atoms with van der Waals surface area (Å²) in [5.74, 6) is 4.42. The van der Waals surface area contributed by atoms with Crippen LogP contribution < -0.4 is 10.6 Å². The van der Waals surface area contributed by atoms with Gasteiger partial charge in [-0.1, -0.05) is 13.3 Å². The molecule has 20 heavy (non-hydrogen) atoms. The van der Waals surface area contributed by atoms with Crippen molar-refractivity contribution in [3.63, 3.8) is 0 Å². The lowest BCUT2D eigenvalue weighted by Crippen LogP contribution is -2.21. The second-order valence-electron chi connectivity index (χ2n) is 6.13. The summed E-state index contributed by atoms with van der Waals surface area (Å²) in [6, 6.07) is 0. The summed E-state index contributed by atoms with van der Waals surface area (Å²) < 4.78 is 0.947. The van der Waals surface area contributed by atoms with E-state index >= 15 is 0 Å². The van der Waals surface area contributed by atoms with Crippen LogP contribution in [-0.2, 0) is 0 Å². The molecule has 2 N–H and O–H groups in total. The van der Waals surface area contributed by atoms with E-state index in [2.05, 4.69) is 43.5 Å². The maximum Gasteiger partial charge on any atom is 0.224 e. The first kappa shape index (κ1) is 14.1. The van der Waals surface area contributed by atoms with Gasteiger partial charge in [-0.3, -0.25) is 0 Å². The number of rotatable bonds is 6. The summed E-state index contributed by atoms with van der Waals surface area (Å²) in [4.78, 5) is 8.84. The lowest BCUT2D eigenvalue weighted by atomic mass is 9.89. The van der Waals surface area contributed by atoms with Crippen LogP contribution in [0, 0.1) is 17.8 Å². The molecule has 0 radical (unpaired) electrons. The minimum absolute atomic E-state index is 0.713. The Kier molecular flexibility index (Phi) is 4.44. The van der Waals surface area contributed by atoms with E-state index in [1.807, 2.05) is 6.20 Å². The van der Waals surface area contributed by atoms with Crippen LogP contribution in [0.15, 0.2) is 10.7 Å². The number of aromatic nitrogens is 2. The normalized spacial score (nSPS) is 27.8. The second kappa shape index (κ2) is 6.29. The number of nitrogens with one attached hydrogen (secondary N) is 2. The molecule has 3 atom stereocenters. The molecule has 2 aliphatic carbocycles. The standard InChI is InChI=1S/C15H23BrN4/c1-2-5-17-15-19-9-13(16)14(20-15)18-8-12-7-10-3-4-11(12)6-10/h9-12H,2-8H2,1H3,(H2,17,18,19,20). The van der Waals surface area contributed by atoms with Crippen LogP contribution in [0.1, 0.15) is 39.0 Å². The topological polar surface area (TPSA) is 49.8 Å². The third kappa shape index (κ3) is 3.08. The van der Waals surface area contributed by atoms with Crippen molar-refractivity contribution in [1.82, 2.24) is 9.97 Å². The molecule has 2 aliphatic rings. The van der Waals surface area contributed by atoms with Gasteiger partial charge in [-0.2, -0.15) is 4.98 Å². The van der Waals surface area contributed by atoms with Gasteiger partial charge in [0.25, 0.3) is 0 Å². The van der Waals surface area contributed by atoms with E-state index in [4.69, 9.17) is 0 Å². The molecule has 5 heteroatoms. The first-order chi connectivity index (χ1) is 9.76. The number of hydrogen-bond acceptors (Lipinski definition) is 4. The predicted octanol–water partition coefficient (Wildman–Crippen LogP) is 3.91. The third-order valence-corrected chi connectivity index (χ3v) is 5.27. The lowest BCUT2D eigenvalue weighted by molar-refractivity contribution is 0.348. The van der Waals surface area contributed by atoms with E-state index in [1.165, 1.54) is 25.7 Å². The van der Waals surface area contributed by atoms with E-state index in [1.54, 1.807) is 0 Å². The fourth-order valence-electron chi connectivity index (χ4n) is 3.67. The molecule has 0 aromatic carbocycles. The molecule has 0 amide bonds. The molecule has 2 saturated carbocycles. The van der Waals surface area contributed by atoms with Crippen molar-refractivity contribution in [3.05, 3.63) is 10.7 Å². The molecule has 1 heterocycles. The number of fused-ring (bicyclic) bond motifs is 2. The highest BCUT2D eigenvalue weighted by molar-refractivity contribution is 9.10. The highest BCUT2D eigenvalue weighted by Gasteiger charge is 2.39. The summed E-state index contributed by atoms with van der Waals surface area (Å²) in [7, 11) is 0. The van der Waals surface area contributed by atoms with E-state index in [-0.39, 0.29) is 0 Å². The molecule has 1 aromatic heterocycles. The van der Waals surface area contributed by atoms with E-state index in [0.717, 1.165) is 47.6 Å². The van der Waals surface area contributed by atoms with Crippen molar-refractivity contribution in [3.8, 4) is 0 Å². The first-order valence-corrected chi connectivity index (χ1v) is 8.55. The van der Waals surface area contributed by atoms with Gasteiger partial charge >= 0.3 is 0 Å². The SMILES string of the molecule is CCCNc1ncc(Br)c(NCC2CC3CCC2C3)n1. The van der Waals surface area contributed by atoms with E-state index < -0.39 is 0 Å². The fraction of sp³-hybridized carbons (Fsp3) is 0.733. The molecule has 1 aromatic rings. The van der Waals surface area contributed by atoms with E-state index in [0.29, 0.717) is 5.95 Å². The summed E-state index contributed by atoms with van der Waals surface area (Å²) in [6.45, 7) is 4.09. The van der Waals surface area contributed by atoms with Crippen molar-refractivity contribution < 1.29 is 0 Å². The number of hydrogen-bond donors (Lipinski definition) is 2. The van der Waals surface area contributed by atoms with Gasteiger partial charge < -0.3 is 10.6 Å². The molecule has 4 nitrogen and oxygen atoms in total. The van der Waals surface area contributed by atoms with Crippen molar-refractivity contribution in [2.75, 3.05) is 23.7 Å². The Labute approximate surface area is 129 Å². The Morgan fingerprint density at radius 3 is 2.90 bits per heavy atom. The molecule has 3 unspecified atom stereocenters. The Hall–Kier alpha value is -0.840. The van der Waals surface area contributed by atoms with Crippen molar-refractivity contribution in [1.29, 1.82) is 0 Å². The van der Waals surface area contributed by atoms with Crippen LogP contribution in [0.5, 0.6) is 0 Å². The molecular formula is C15H23BrN4. The van der Waals surface area contributed by atoms with Crippen molar-refractivity contribution >= 4 is 27.7 Å². The summed E-state index contributed by atoms with van der Waals surface area (Å²) in [5.41, 5.74) is 0. The largest absolute Gasteiger partial charge is 0.369 e. The molecule has 110 valence electrons. The monoisotopic (exact) mass is 338 g/mol. The van der Waals surface area contributed by atoms with Crippen LogP contribution >= 0.6 is 15.9 Å².